The maximum atomic E-state index is 13.0. The van der Waals surface area contributed by atoms with E-state index in [-0.39, 0.29) is 5.97 Å². The third-order valence-electron chi connectivity index (χ3n) is 11.2. The molecule has 2 aliphatic rings. The molecule has 0 spiro atoms. The summed E-state index contributed by atoms with van der Waals surface area (Å²) in [6.07, 6.45) is 11.4. The summed E-state index contributed by atoms with van der Waals surface area (Å²) in [5.74, 6) is -0.309. The minimum absolute atomic E-state index is 0.309. The average Bonchev–Trinajstić information content (AvgIpc) is 4.10. The van der Waals surface area contributed by atoms with Gasteiger partial charge in [0.05, 0.1) is 34.9 Å². The second-order valence-electron chi connectivity index (χ2n) is 15.5. The van der Waals surface area contributed by atoms with Gasteiger partial charge in [-0.1, -0.05) is 121 Å². The lowest BCUT2D eigenvalue weighted by Crippen LogP contribution is -2.06. The molecule has 0 radical (unpaired) electrons. The maximum absolute atomic E-state index is 13.0. The van der Waals surface area contributed by atoms with Gasteiger partial charge in [0.25, 0.3) is 0 Å². The summed E-state index contributed by atoms with van der Waals surface area (Å²) < 4.78 is 5.60. The summed E-state index contributed by atoms with van der Waals surface area (Å²) in [4.78, 5) is 31.5. The SMILES string of the molecule is CCCCCOC(=O)c1ccc(-c2c3nc(c(-c4ccc(C)cc4)c4ccc([nH]4)c(-c4ccc(C)cc4)c4nc(c(-c5ccc(C)cc5)c5ccc2[nH]5)C=C4)C=C3)cc1. The predicted molar refractivity (Wildman–Crippen MR) is 245 cm³/mol. The normalized spacial score (nSPS) is 11.9. The van der Waals surface area contributed by atoms with E-state index in [2.05, 4.69) is 159 Å². The van der Waals surface area contributed by atoms with Gasteiger partial charge in [0.2, 0.25) is 0 Å². The smallest absolute Gasteiger partial charge is 0.338 e. The minimum atomic E-state index is -0.309. The van der Waals surface area contributed by atoms with Crippen molar-refractivity contribution in [2.75, 3.05) is 6.61 Å². The molecule has 6 nitrogen and oxygen atoms in total. The van der Waals surface area contributed by atoms with Crippen molar-refractivity contribution in [2.24, 2.45) is 0 Å². The van der Waals surface area contributed by atoms with Gasteiger partial charge in [0.1, 0.15) is 0 Å². The van der Waals surface area contributed by atoms with Gasteiger partial charge in [0, 0.05) is 44.3 Å². The van der Waals surface area contributed by atoms with Crippen molar-refractivity contribution in [1.29, 1.82) is 0 Å². The largest absolute Gasteiger partial charge is 0.462 e. The molecule has 7 aromatic rings. The van der Waals surface area contributed by atoms with E-state index in [4.69, 9.17) is 14.7 Å². The number of H-pyrrole nitrogens is 2. The van der Waals surface area contributed by atoms with Gasteiger partial charge in [-0.05, 0) is 110 Å². The minimum Gasteiger partial charge on any atom is -0.462 e. The Labute approximate surface area is 345 Å². The van der Waals surface area contributed by atoms with Crippen LogP contribution in [0.2, 0.25) is 0 Å². The highest BCUT2D eigenvalue weighted by Crippen LogP contribution is 2.38. The number of benzene rings is 4. The number of aryl methyl sites for hydroxylation is 3. The summed E-state index contributed by atoms with van der Waals surface area (Å²) in [6.45, 7) is 8.88. The second-order valence-corrected chi connectivity index (χ2v) is 15.5. The number of esters is 1. The van der Waals surface area contributed by atoms with Crippen LogP contribution >= 0.6 is 0 Å². The number of nitrogens with one attached hydrogen (secondary N) is 2. The Morgan fingerprint density at radius 2 is 0.780 bits per heavy atom. The highest BCUT2D eigenvalue weighted by Gasteiger charge is 2.19. The molecule has 0 fully saturated rings. The molecule has 2 aliphatic heterocycles. The first-order chi connectivity index (χ1) is 28.8. The van der Waals surface area contributed by atoms with Crippen LogP contribution < -0.4 is 0 Å². The molecule has 9 rings (SSSR count). The predicted octanol–water partition coefficient (Wildman–Crippen LogP) is 13.6. The van der Waals surface area contributed by atoms with E-state index in [1.165, 1.54) is 16.7 Å². The first-order valence-electron chi connectivity index (χ1n) is 20.5. The molecule has 3 aromatic heterocycles. The fourth-order valence-electron chi connectivity index (χ4n) is 7.95. The third-order valence-corrected chi connectivity index (χ3v) is 11.2. The molecule has 2 N–H and O–H groups in total. The Balaban J connectivity index is 1.36. The Morgan fingerprint density at radius 1 is 0.458 bits per heavy atom. The summed E-state index contributed by atoms with van der Waals surface area (Å²) in [6, 6.07) is 42.1. The van der Waals surface area contributed by atoms with Crippen molar-refractivity contribution in [1.82, 2.24) is 19.9 Å². The quantitative estimate of drug-likeness (QED) is 0.113. The zero-order chi connectivity index (χ0) is 40.5. The maximum Gasteiger partial charge on any atom is 0.338 e. The van der Waals surface area contributed by atoms with Crippen molar-refractivity contribution in [3.05, 3.63) is 166 Å². The van der Waals surface area contributed by atoms with Crippen LogP contribution in [-0.2, 0) is 4.74 Å². The molecule has 0 saturated heterocycles. The molecule has 4 aromatic carbocycles. The molecular formula is C53H46N4O2. The third kappa shape index (κ3) is 7.58. The number of aromatic nitrogens is 4. The Kier molecular flexibility index (Phi) is 10.2. The van der Waals surface area contributed by atoms with Gasteiger partial charge >= 0.3 is 5.97 Å². The lowest BCUT2D eigenvalue weighted by molar-refractivity contribution is 0.0498. The highest BCUT2D eigenvalue weighted by molar-refractivity contribution is 6.00. The Bertz CT molecular complexity index is 2890. The highest BCUT2D eigenvalue weighted by atomic mass is 16.5. The van der Waals surface area contributed by atoms with Crippen molar-refractivity contribution < 1.29 is 9.53 Å². The number of aromatic amines is 2. The number of hydrogen-bond donors (Lipinski definition) is 2. The molecular weight excluding hydrogens is 725 g/mol. The van der Waals surface area contributed by atoms with Crippen molar-refractivity contribution in [3.63, 3.8) is 0 Å². The average molecular weight is 771 g/mol. The van der Waals surface area contributed by atoms with Gasteiger partial charge < -0.3 is 14.7 Å². The molecule has 0 amide bonds. The molecule has 0 aliphatic carbocycles. The van der Waals surface area contributed by atoms with Crippen LogP contribution in [0.5, 0.6) is 0 Å². The van der Waals surface area contributed by atoms with E-state index in [0.717, 1.165) is 109 Å². The molecule has 0 unspecified atom stereocenters. The first-order valence-corrected chi connectivity index (χ1v) is 20.5. The van der Waals surface area contributed by atoms with E-state index >= 15 is 0 Å². The molecule has 6 heteroatoms. The topological polar surface area (TPSA) is 83.7 Å². The number of rotatable bonds is 9. The standard InChI is InChI=1S/C53H46N4O2/c1-5-6-7-32-59-53(58)40-22-20-39(21-23-40)52-47-30-28-45(56-47)50(37-16-10-34(3)11-17-37)43-26-24-41(54-43)49(36-14-8-33(2)9-15-36)42-25-27-44(55-42)51(46-29-31-48(52)57-46)38-18-12-35(4)13-19-38/h8-31,54,57H,5-7,32H2,1-4H3. The van der Waals surface area contributed by atoms with Crippen LogP contribution in [0.15, 0.2) is 121 Å². The molecule has 5 heterocycles. The van der Waals surface area contributed by atoms with E-state index in [1.54, 1.807) is 0 Å². The van der Waals surface area contributed by atoms with Crippen molar-refractivity contribution in [2.45, 2.75) is 47.0 Å². The van der Waals surface area contributed by atoms with Gasteiger partial charge in [0.15, 0.2) is 0 Å². The first kappa shape index (κ1) is 37.5. The summed E-state index contributed by atoms with van der Waals surface area (Å²) in [5.41, 5.74) is 19.3. The van der Waals surface area contributed by atoms with Crippen molar-refractivity contribution in [3.8, 4) is 44.5 Å². The zero-order valence-electron chi connectivity index (χ0n) is 33.9. The van der Waals surface area contributed by atoms with Crippen LogP contribution in [0, 0.1) is 20.8 Å². The van der Waals surface area contributed by atoms with E-state index in [0.29, 0.717) is 12.2 Å². The fourth-order valence-corrected chi connectivity index (χ4v) is 7.95. The van der Waals surface area contributed by atoms with Crippen molar-refractivity contribution >= 4 is 52.3 Å². The van der Waals surface area contributed by atoms with Gasteiger partial charge in [-0.3, -0.25) is 0 Å². The van der Waals surface area contributed by atoms with Crippen LogP contribution in [0.4, 0.5) is 0 Å². The molecule has 290 valence electrons. The van der Waals surface area contributed by atoms with Crippen LogP contribution in [-0.4, -0.2) is 32.5 Å². The Morgan fingerprint density at radius 3 is 1.10 bits per heavy atom. The Hall–Kier alpha value is -7.05. The van der Waals surface area contributed by atoms with E-state index < -0.39 is 0 Å². The number of unbranched alkanes of at least 4 members (excludes halogenated alkanes) is 2. The number of carbonyl (C=O) groups is 1. The zero-order valence-corrected chi connectivity index (χ0v) is 33.9. The van der Waals surface area contributed by atoms with E-state index in [1.807, 2.05) is 24.3 Å². The summed E-state index contributed by atoms with van der Waals surface area (Å²) >= 11 is 0. The molecule has 8 bridgehead atoms. The van der Waals surface area contributed by atoms with Gasteiger partial charge in [-0.15, -0.1) is 0 Å². The summed E-state index contributed by atoms with van der Waals surface area (Å²) in [5, 5.41) is 0. The van der Waals surface area contributed by atoms with Crippen LogP contribution in [0.25, 0.3) is 90.9 Å². The lowest BCUT2D eigenvalue weighted by atomic mass is 10.0. The fraction of sp³-hybridized carbons (Fsp3) is 0.151. The number of fused-ring (bicyclic) bond motifs is 8. The molecule has 0 saturated carbocycles. The molecule has 59 heavy (non-hydrogen) atoms. The second kappa shape index (κ2) is 16.1. The summed E-state index contributed by atoms with van der Waals surface area (Å²) in [7, 11) is 0. The number of nitrogens with zero attached hydrogens (tertiary/aromatic N) is 2. The van der Waals surface area contributed by atoms with Crippen LogP contribution in [0.3, 0.4) is 0 Å². The molecule has 0 atom stereocenters. The monoisotopic (exact) mass is 770 g/mol. The van der Waals surface area contributed by atoms with E-state index in [9.17, 15) is 4.79 Å². The number of ether oxygens (including phenoxy) is 1. The van der Waals surface area contributed by atoms with Crippen LogP contribution in [0.1, 0.15) is 76.0 Å². The van der Waals surface area contributed by atoms with Gasteiger partial charge in [-0.2, -0.15) is 0 Å². The van der Waals surface area contributed by atoms with Gasteiger partial charge in [-0.25, -0.2) is 14.8 Å². The lowest BCUT2D eigenvalue weighted by Gasteiger charge is -2.08. The number of hydrogen-bond acceptors (Lipinski definition) is 4. The number of carbonyl (C=O) groups excluding carboxylic acids is 1.